The lowest BCUT2D eigenvalue weighted by molar-refractivity contribution is 0.324. The Hall–Kier alpha value is 0.690. The van der Waals surface area contributed by atoms with Gasteiger partial charge in [-0.15, -0.1) is 0 Å². The summed E-state index contributed by atoms with van der Waals surface area (Å²) < 4.78 is 6.34. The van der Waals surface area contributed by atoms with E-state index in [-0.39, 0.29) is 0 Å². The number of alkyl halides is 1. The molecule has 42 valence electrons. The fourth-order valence-corrected chi connectivity index (χ4v) is 1.46. The maximum absolute atomic E-state index is 5.19. The quantitative estimate of drug-likeness (QED) is 0.384. The molecule has 1 rings (SSSR count). The Kier molecular flexibility index (Phi) is 1.58. The van der Waals surface area contributed by atoms with Gasteiger partial charge in [0.05, 0.1) is 6.61 Å². The molecule has 0 radical (unpaired) electrons. The molecule has 0 aliphatic carbocycles. The van der Waals surface area contributed by atoms with Gasteiger partial charge in [0.2, 0.25) is 0 Å². The van der Waals surface area contributed by atoms with Crippen LogP contribution in [0.25, 0.3) is 0 Å². The van der Waals surface area contributed by atoms with E-state index in [1.807, 2.05) is 0 Å². The summed E-state index contributed by atoms with van der Waals surface area (Å²) in [5.74, 6) is 0. The van der Waals surface area contributed by atoms with E-state index < -0.39 is 0 Å². The third-order valence-electron chi connectivity index (χ3n) is 1.44. The van der Waals surface area contributed by atoms with E-state index in [0.29, 0.717) is 5.60 Å². The van der Waals surface area contributed by atoms with E-state index in [1.165, 1.54) is 6.42 Å². The summed E-state index contributed by atoms with van der Waals surface area (Å²) in [6, 6.07) is 0. The third kappa shape index (κ3) is 1.08. The molecule has 1 nitrogen and oxygen atoms in total. The van der Waals surface area contributed by atoms with Gasteiger partial charge in [-0.3, -0.25) is 0 Å². The zero-order valence-corrected chi connectivity index (χ0v) is 6.57. The normalized spacial score (nSPS) is 38.6. The summed E-state index contributed by atoms with van der Waals surface area (Å²) in [4.78, 5) is 0. The third-order valence-corrected chi connectivity index (χ3v) is 2.83. The Bertz CT molecular complexity index is 62.5. The summed E-state index contributed by atoms with van der Waals surface area (Å²) in [6.45, 7) is 3.16. The van der Waals surface area contributed by atoms with E-state index >= 15 is 0 Å². The van der Waals surface area contributed by atoms with Crippen LogP contribution in [0.5, 0.6) is 0 Å². The van der Waals surface area contributed by atoms with Crippen molar-refractivity contribution in [1.29, 1.82) is 0 Å². The van der Waals surface area contributed by atoms with Crippen molar-refractivity contribution >= 4 is 22.6 Å². The minimum atomic E-state index is 0.320. The van der Waals surface area contributed by atoms with E-state index in [9.17, 15) is 0 Å². The van der Waals surface area contributed by atoms with Gasteiger partial charge < -0.3 is 4.74 Å². The predicted octanol–water partition coefficient (Wildman–Crippen LogP) is 1.60. The van der Waals surface area contributed by atoms with Crippen molar-refractivity contribution < 1.29 is 4.74 Å². The number of ether oxygens (including phenoxy) is 1. The molecule has 1 unspecified atom stereocenters. The van der Waals surface area contributed by atoms with E-state index in [4.69, 9.17) is 4.74 Å². The zero-order valence-electron chi connectivity index (χ0n) is 4.41. The number of halogens is 1. The Morgan fingerprint density at radius 3 is 2.43 bits per heavy atom. The number of hydrogen-bond acceptors (Lipinski definition) is 1. The van der Waals surface area contributed by atoms with Crippen LogP contribution in [0.4, 0.5) is 0 Å². The van der Waals surface area contributed by atoms with Gasteiger partial charge in [0.15, 0.2) is 0 Å². The molecule has 1 heterocycles. The molecule has 0 bridgehead atoms. The fraction of sp³-hybridized carbons (Fsp3) is 1.00. The summed E-state index contributed by atoms with van der Waals surface area (Å²) in [6.07, 6.45) is 1.18. The average Bonchev–Trinajstić information content (AvgIpc) is 2.46. The van der Waals surface area contributed by atoms with Crippen LogP contribution >= 0.6 is 22.6 Å². The van der Waals surface area contributed by atoms with Gasteiger partial charge in [0, 0.05) is 4.43 Å². The molecule has 1 fully saturated rings. The van der Waals surface area contributed by atoms with Crippen LogP contribution in [0.1, 0.15) is 13.3 Å². The lowest BCUT2D eigenvalue weighted by atomic mass is 10.1. The smallest absolute Gasteiger partial charge is 0.100 e. The molecule has 0 saturated carbocycles. The molecular formula is C5H9IO. The molecule has 0 aromatic rings. The lowest BCUT2D eigenvalue weighted by Gasteiger charge is -1.98. The Morgan fingerprint density at radius 2 is 2.43 bits per heavy atom. The summed E-state index contributed by atoms with van der Waals surface area (Å²) in [7, 11) is 0. The molecule has 7 heavy (non-hydrogen) atoms. The first-order valence-electron chi connectivity index (χ1n) is 2.53. The summed E-state index contributed by atoms with van der Waals surface area (Å²) in [5, 5.41) is 0. The second-order valence-corrected chi connectivity index (χ2v) is 2.72. The van der Waals surface area contributed by atoms with Crippen LogP contribution in [-0.4, -0.2) is 16.6 Å². The van der Waals surface area contributed by atoms with Crippen LogP contribution in [0.15, 0.2) is 0 Å². The molecule has 0 amide bonds. The van der Waals surface area contributed by atoms with Gasteiger partial charge in [-0.1, -0.05) is 29.5 Å². The number of epoxide rings is 1. The van der Waals surface area contributed by atoms with Crippen molar-refractivity contribution in [1.82, 2.24) is 0 Å². The molecule has 0 N–H and O–H groups in total. The van der Waals surface area contributed by atoms with Crippen LogP contribution in [0.3, 0.4) is 0 Å². The highest BCUT2D eigenvalue weighted by Crippen LogP contribution is 2.32. The van der Waals surface area contributed by atoms with Crippen LogP contribution in [-0.2, 0) is 4.74 Å². The molecule has 1 aliphatic heterocycles. The highest BCUT2D eigenvalue weighted by molar-refractivity contribution is 14.1. The van der Waals surface area contributed by atoms with Crippen molar-refractivity contribution in [2.75, 3.05) is 11.0 Å². The molecule has 1 aliphatic rings. The molecule has 0 spiro atoms. The van der Waals surface area contributed by atoms with Crippen molar-refractivity contribution in [2.24, 2.45) is 0 Å². The topological polar surface area (TPSA) is 12.5 Å². The van der Waals surface area contributed by atoms with Gasteiger partial charge in [0.25, 0.3) is 0 Å². The first kappa shape index (κ1) is 5.82. The predicted molar refractivity (Wildman–Crippen MR) is 37.9 cm³/mol. The summed E-state index contributed by atoms with van der Waals surface area (Å²) >= 11 is 2.37. The fourth-order valence-electron chi connectivity index (χ4n) is 0.478. The minimum absolute atomic E-state index is 0.320. The molecular weight excluding hydrogens is 203 g/mol. The van der Waals surface area contributed by atoms with E-state index in [2.05, 4.69) is 29.5 Å². The average molecular weight is 212 g/mol. The highest BCUT2D eigenvalue weighted by Gasteiger charge is 2.41. The van der Waals surface area contributed by atoms with E-state index in [1.54, 1.807) is 0 Å². The minimum Gasteiger partial charge on any atom is -0.369 e. The maximum atomic E-state index is 5.19. The zero-order chi connectivity index (χ0) is 5.33. The molecule has 0 aromatic carbocycles. The van der Waals surface area contributed by atoms with Gasteiger partial charge in [-0.2, -0.15) is 0 Å². The second-order valence-electron chi connectivity index (χ2n) is 1.96. The van der Waals surface area contributed by atoms with Crippen molar-refractivity contribution in [3.8, 4) is 0 Å². The Labute approximate surface area is 57.6 Å². The van der Waals surface area contributed by atoms with Crippen molar-refractivity contribution in [3.05, 3.63) is 0 Å². The van der Waals surface area contributed by atoms with E-state index in [0.717, 1.165) is 11.0 Å². The lowest BCUT2D eigenvalue weighted by Crippen LogP contribution is -2.09. The standard InChI is InChI=1S/C5H9IO/c1-2-5(3-6)4-7-5/h2-4H2,1H3. The molecule has 0 aromatic heterocycles. The van der Waals surface area contributed by atoms with Crippen molar-refractivity contribution in [3.63, 3.8) is 0 Å². The van der Waals surface area contributed by atoms with Gasteiger partial charge in [-0.25, -0.2) is 0 Å². The summed E-state index contributed by atoms with van der Waals surface area (Å²) in [5.41, 5.74) is 0.320. The van der Waals surface area contributed by atoms with Crippen molar-refractivity contribution in [2.45, 2.75) is 18.9 Å². The van der Waals surface area contributed by atoms with Gasteiger partial charge >= 0.3 is 0 Å². The van der Waals surface area contributed by atoms with Crippen LogP contribution < -0.4 is 0 Å². The Balaban J connectivity index is 2.28. The first-order chi connectivity index (χ1) is 3.33. The SMILES string of the molecule is CCC1(CI)CO1. The van der Waals surface area contributed by atoms with Gasteiger partial charge in [-0.05, 0) is 6.42 Å². The second kappa shape index (κ2) is 1.90. The monoisotopic (exact) mass is 212 g/mol. The number of rotatable bonds is 2. The van der Waals surface area contributed by atoms with Crippen LogP contribution in [0.2, 0.25) is 0 Å². The molecule has 1 saturated heterocycles. The number of hydrogen-bond donors (Lipinski definition) is 0. The molecule has 2 heteroatoms. The first-order valence-corrected chi connectivity index (χ1v) is 4.05. The highest BCUT2D eigenvalue weighted by atomic mass is 127. The maximum Gasteiger partial charge on any atom is 0.100 e. The van der Waals surface area contributed by atoms with Crippen LogP contribution in [0, 0.1) is 0 Å². The Morgan fingerprint density at radius 1 is 1.86 bits per heavy atom. The largest absolute Gasteiger partial charge is 0.369 e. The van der Waals surface area contributed by atoms with Gasteiger partial charge in [0.1, 0.15) is 5.60 Å². The molecule has 1 atom stereocenters.